The molecule has 1 aromatic heterocycles. The number of aromatic nitrogens is 2. The molecule has 0 radical (unpaired) electrons. The van der Waals surface area contributed by atoms with Gasteiger partial charge in [0.25, 0.3) is 5.91 Å². The molecule has 2 rings (SSSR count). The van der Waals surface area contributed by atoms with Crippen LogP contribution in [0.1, 0.15) is 42.9 Å². The van der Waals surface area contributed by atoms with Crippen LogP contribution in [0.25, 0.3) is 0 Å². The summed E-state index contributed by atoms with van der Waals surface area (Å²) in [6.45, 7) is 8.06. The first-order valence-electron chi connectivity index (χ1n) is 6.52. The van der Waals surface area contributed by atoms with Crippen molar-refractivity contribution in [3.63, 3.8) is 0 Å². The summed E-state index contributed by atoms with van der Waals surface area (Å²) in [5.41, 5.74) is 1.59. The van der Waals surface area contributed by atoms with Crippen LogP contribution < -0.4 is 10.6 Å². The van der Waals surface area contributed by atoms with Crippen molar-refractivity contribution in [3.8, 4) is 0 Å². The van der Waals surface area contributed by atoms with E-state index in [1.807, 2.05) is 6.92 Å². The maximum atomic E-state index is 11.9. The summed E-state index contributed by atoms with van der Waals surface area (Å²) in [7, 11) is 0. The minimum absolute atomic E-state index is 0.109. The van der Waals surface area contributed by atoms with Crippen molar-refractivity contribution in [2.24, 2.45) is 5.41 Å². The smallest absolute Gasteiger partial charge is 0.271 e. The van der Waals surface area contributed by atoms with Crippen LogP contribution in [-0.4, -0.2) is 35.2 Å². The molecule has 5 nitrogen and oxygen atoms in total. The molecule has 1 aliphatic rings. The minimum atomic E-state index is -0.109. The summed E-state index contributed by atoms with van der Waals surface area (Å²) in [5.74, 6) is -0.109. The molecule has 5 heteroatoms. The van der Waals surface area contributed by atoms with E-state index in [0.29, 0.717) is 18.3 Å². The highest BCUT2D eigenvalue weighted by molar-refractivity contribution is 5.92. The molecule has 0 spiro atoms. The van der Waals surface area contributed by atoms with Gasteiger partial charge in [-0.3, -0.25) is 9.89 Å². The lowest BCUT2D eigenvalue weighted by Gasteiger charge is -2.39. The standard InChI is InChI=1S/C13H22N4O/c1-9-7-10(17-16-9)12(18)15-8-11-13(2,3)5-4-6-14-11/h7,11,14H,4-6,8H2,1-3H3,(H,15,18)(H,16,17). The largest absolute Gasteiger partial charge is 0.349 e. The Balaban J connectivity index is 1.89. The third-order valence-corrected chi connectivity index (χ3v) is 3.74. The number of rotatable bonds is 3. The lowest BCUT2D eigenvalue weighted by molar-refractivity contribution is 0.0924. The van der Waals surface area contributed by atoms with Gasteiger partial charge in [0.05, 0.1) is 0 Å². The molecule has 1 fully saturated rings. The Kier molecular flexibility index (Phi) is 3.71. The highest BCUT2D eigenvalue weighted by Gasteiger charge is 2.32. The first-order chi connectivity index (χ1) is 8.49. The fraction of sp³-hybridized carbons (Fsp3) is 0.692. The number of carbonyl (C=O) groups is 1. The molecule has 1 aromatic rings. The number of aryl methyl sites for hydroxylation is 1. The van der Waals surface area contributed by atoms with Gasteiger partial charge in [-0.25, -0.2) is 0 Å². The van der Waals surface area contributed by atoms with Crippen LogP contribution in [0.4, 0.5) is 0 Å². The van der Waals surface area contributed by atoms with Crippen LogP contribution in [0.3, 0.4) is 0 Å². The number of nitrogens with one attached hydrogen (secondary N) is 3. The van der Waals surface area contributed by atoms with E-state index in [9.17, 15) is 4.79 Å². The van der Waals surface area contributed by atoms with Gasteiger partial charge in [-0.2, -0.15) is 5.10 Å². The normalized spacial score (nSPS) is 22.7. The molecule has 1 atom stereocenters. The number of hydrogen-bond acceptors (Lipinski definition) is 3. The molecular weight excluding hydrogens is 228 g/mol. The van der Waals surface area contributed by atoms with Gasteiger partial charge in [0.1, 0.15) is 5.69 Å². The molecule has 1 aliphatic heterocycles. The Labute approximate surface area is 108 Å². The molecule has 0 saturated carbocycles. The zero-order valence-corrected chi connectivity index (χ0v) is 11.3. The van der Waals surface area contributed by atoms with Crippen LogP contribution in [-0.2, 0) is 0 Å². The maximum absolute atomic E-state index is 11.9. The van der Waals surface area contributed by atoms with Crippen molar-refractivity contribution in [2.45, 2.75) is 39.7 Å². The first-order valence-corrected chi connectivity index (χ1v) is 6.52. The fourth-order valence-corrected chi connectivity index (χ4v) is 2.44. The summed E-state index contributed by atoms with van der Waals surface area (Å²) in [6.07, 6.45) is 2.40. The van der Waals surface area contributed by atoms with E-state index in [0.717, 1.165) is 12.2 Å². The molecule has 2 heterocycles. The predicted octanol–water partition coefficient (Wildman–Crippen LogP) is 1.23. The van der Waals surface area contributed by atoms with Crippen molar-refractivity contribution in [3.05, 3.63) is 17.5 Å². The molecular formula is C13H22N4O. The topological polar surface area (TPSA) is 69.8 Å². The van der Waals surface area contributed by atoms with E-state index in [4.69, 9.17) is 0 Å². The van der Waals surface area contributed by atoms with Crippen molar-refractivity contribution in [2.75, 3.05) is 13.1 Å². The zero-order valence-electron chi connectivity index (χ0n) is 11.3. The SMILES string of the molecule is Cc1cc(C(=O)NCC2NCCCC2(C)C)n[nH]1. The Morgan fingerprint density at radius 1 is 1.61 bits per heavy atom. The van der Waals surface area contributed by atoms with Crippen LogP contribution in [0.15, 0.2) is 6.07 Å². The van der Waals surface area contributed by atoms with E-state index in [2.05, 4.69) is 34.7 Å². The molecule has 3 N–H and O–H groups in total. The maximum Gasteiger partial charge on any atom is 0.271 e. The quantitative estimate of drug-likeness (QED) is 0.755. The molecule has 0 aliphatic carbocycles. The van der Waals surface area contributed by atoms with Gasteiger partial charge in [-0.1, -0.05) is 13.8 Å². The van der Waals surface area contributed by atoms with Crippen LogP contribution in [0.2, 0.25) is 0 Å². The van der Waals surface area contributed by atoms with Gasteiger partial charge in [-0.05, 0) is 37.8 Å². The van der Waals surface area contributed by atoms with Crippen molar-refractivity contribution >= 4 is 5.91 Å². The van der Waals surface area contributed by atoms with Crippen molar-refractivity contribution in [1.82, 2.24) is 20.8 Å². The molecule has 0 bridgehead atoms. The highest BCUT2D eigenvalue weighted by atomic mass is 16.1. The Hall–Kier alpha value is -1.36. The third-order valence-electron chi connectivity index (χ3n) is 3.74. The summed E-state index contributed by atoms with van der Waals surface area (Å²) >= 11 is 0. The molecule has 1 unspecified atom stereocenters. The number of amides is 1. The summed E-state index contributed by atoms with van der Waals surface area (Å²) in [6, 6.07) is 2.09. The van der Waals surface area contributed by atoms with Crippen LogP contribution >= 0.6 is 0 Å². The van der Waals surface area contributed by atoms with Gasteiger partial charge in [0.15, 0.2) is 0 Å². The lowest BCUT2D eigenvalue weighted by Crippen LogP contribution is -2.52. The minimum Gasteiger partial charge on any atom is -0.349 e. The summed E-state index contributed by atoms with van der Waals surface area (Å²) < 4.78 is 0. The third kappa shape index (κ3) is 2.90. The summed E-state index contributed by atoms with van der Waals surface area (Å²) in [4.78, 5) is 11.9. The molecule has 100 valence electrons. The molecule has 18 heavy (non-hydrogen) atoms. The van der Waals surface area contributed by atoms with Crippen molar-refractivity contribution < 1.29 is 4.79 Å². The summed E-state index contributed by atoms with van der Waals surface area (Å²) in [5, 5.41) is 13.2. The van der Waals surface area contributed by atoms with E-state index in [-0.39, 0.29) is 11.3 Å². The number of piperidine rings is 1. The molecule has 1 saturated heterocycles. The predicted molar refractivity (Wildman–Crippen MR) is 70.5 cm³/mol. The number of hydrogen-bond donors (Lipinski definition) is 3. The monoisotopic (exact) mass is 250 g/mol. The second-order valence-corrected chi connectivity index (χ2v) is 5.75. The average Bonchev–Trinajstić information content (AvgIpc) is 2.73. The second kappa shape index (κ2) is 5.10. The van der Waals surface area contributed by atoms with Crippen molar-refractivity contribution in [1.29, 1.82) is 0 Å². The fourth-order valence-electron chi connectivity index (χ4n) is 2.44. The Morgan fingerprint density at radius 2 is 2.39 bits per heavy atom. The van der Waals surface area contributed by atoms with E-state index in [1.54, 1.807) is 6.07 Å². The van der Waals surface area contributed by atoms with Crippen LogP contribution in [0.5, 0.6) is 0 Å². The molecule has 0 aromatic carbocycles. The highest BCUT2D eigenvalue weighted by Crippen LogP contribution is 2.29. The van der Waals surface area contributed by atoms with E-state index in [1.165, 1.54) is 12.8 Å². The van der Waals surface area contributed by atoms with E-state index < -0.39 is 0 Å². The number of carbonyl (C=O) groups excluding carboxylic acids is 1. The lowest BCUT2D eigenvalue weighted by atomic mass is 9.77. The van der Waals surface area contributed by atoms with Gasteiger partial charge < -0.3 is 10.6 Å². The van der Waals surface area contributed by atoms with E-state index >= 15 is 0 Å². The number of H-pyrrole nitrogens is 1. The van der Waals surface area contributed by atoms with Crippen LogP contribution in [0, 0.1) is 12.3 Å². The Bertz CT molecular complexity index is 424. The second-order valence-electron chi connectivity index (χ2n) is 5.75. The Morgan fingerprint density at radius 3 is 3.00 bits per heavy atom. The zero-order chi connectivity index (χ0) is 13.2. The van der Waals surface area contributed by atoms with Gasteiger partial charge in [0.2, 0.25) is 0 Å². The number of aromatic amines is 1. The van der Waals surface area contributed by atoms with Gasteiger partial charge >= 0.3 is 0 Å². The van der Waals surface area contributed by atoms with Gasteiger partial charge in [-0.15, -0.1) is 0 Å². The molecule has 1 amide bonds. The van der Waals surface area contributed by atoms with Gasteiger partial charge in [0, 0.05) is 18.3 Å². The number of nitrogens with zero attached hydrogens (tertiary/aromatic N) is 1. The first kappa shape index (κ1) is 13.1. The average molecular weight is 250 g/mol.